The minimum Gasteiger partial charge on any atom is -0.507 e. The number of hydrogen-bond acceptors (Lipinski definition) is 2. The van der Waals surface area contributed by atoms with Gasteiger partial charge in [-0.1, -0.05) is 12.1 Å². The molecule has 0 aliphatic heterocycles. The van der Waals surface area contributed by atoms with Crippen molar-refractivity contribution in [2.45, 2.75) is 0 Å². The molecule has 1 nitrogen and oxygen atoms in total. The van der Waals surface area contributed by atoms with Crippen LogP contribution in [0.1, 0.15) is 0 Å². The smallest absolute Gasteiger partial charge is 0.124 e. The van der Waals surface area contributed by atoms with Crippen LogP contribution in [0.15, 0.2) is 35.7 Å². The second-order valence-corrected chi connectivity index (χ2v) is 3.39. The molecule has 1 aromatic carbocycles. The van der Waals surface area contributed by atoms with Crippen molar-refractivity contribution in [1.29, 1.82) is 0 Å². The lowest BCUT2D eigenvalue weighted by atomic mass is 10.2. The minimum atomic E-state index is 0.195. The van der Waals surface area contributed by atoms with Crippen molar-refractivity contribution in [3.05, 3.63) is 41.8 Å². The SMILES string of the molecule is Oc1[c]ccc(-c2cccs2)c1. The van der Waals surface area contributed by atoms with E-state index in [1.165, 1.54) is 4.88 Å². The molecular formula is C10H7OS. The summed E-state index contributed by atoms with van der Waals surface area (Å²) >= 11 is 1.66. The molecule has 0 saturated carbocycles. The topological polar surface area (TPSA) is 20.2 Å². The zero-order valence-corrected chi connectivity index (χ0v) is 7.14. The van der Waals surface area contributed by atoms with Gasteiger partial charge in [0.1, 0.15) is 5.75 Å². The largest absolute Gasteiger partial charge is 0.507 e. The Kier molecular flexibility index (Phi) is 1.84. The summed E-state index contributed by atoms with van der Waals surface area (Å²) in [5.74, 6) is 0.195. The van der Waals surface area contributed by atoms with Gasteiger partial charge in [-0.25, -0.2) is 0 Å². The Morgan fingerprint density at radius 1 is 1.33 bits per heavy atom. The number of phenolic OH excluding ortho intramolecular Hbond substituents is 1. The molecule has 59 valence electrons. The molecule has 0 unspecified atom stereocenters. The fourth-order valence-corrected chi connectivity index (χ4v) is 1.77. The Morgan fingerprint density at radius 3 is 2.92 bits per heavy atom. The van der Waals surface area contributed by atoms with Gasteiger partial charge in [0.2, 0.25) is 0 Å². The van der Waals surface area contributed by atoms with Crippen LogP contribution in [0.2, 0.25) is 0 Å². The number of hydrogen-bond donors (Lipinski definition) is 1. The van der Waals surface area contributed by atoms with Gasteiger partial charge in [0.15, 0.2) is 0 Å². The minimum absolute atomic E-state index is 0.195. The molecule has 0 aliphatic carbocycles. The van der Waals surface area contributed by atoms with Gasteiger partial charge in [0.05, 0.1) is 0 Å². The van der Waals surface area contributed by atoms with Crippen LogP contribution in [0.25, 0.3) is 10.4 Å². The van der Waals surface area contributed by atoms with Gasteiger partial charge in [-0.2, -0.15) is 0 Å². The molecule has 0 fully saturated rings. The summed E-state index contributed by atoms with van der Waals surface area (Å²) in [5, 5.41) is 11.2. The first kappa shape index (κ1) is 7.37. The van der Waals surface area contributed by atoms with Crippen molar-refractivity contribution in [3.63, 3.8) is 0 Å². The second-order valence-electron chi connectivity index (χ2n) is 2.44. The van der Waals surface area contributed by atoms with E-state index in [4.69, 9.17) is 5.11 Å². The van der Waals surface area contributed by atoms with E-state index in [9.17, 15) is 0 Å². The predicted octanol–water partition coefficient (Wildman–Crippen LogP) is 2.92. The third kappa shape index (κ3) is 1.34. The van der Waals surface area contributed by atoms with E-state index < -0.39 is 0 Å². The Labute approximate surface area is 74.9 Å². The summed E-state index contributed by atoms with van der Waals surface area (Å²) in [7, 11) is 0. The molecule has 1 N–H and O–H groups in total. The van der Waals surface area contributed by atoms with Gasteiger partial charge in [0.25, 0.3) is 0 Å². The van der Waals surface area contributed by atoms with E-state index in [0.29, 0.717) is 0 Å². The van der Waals surface area contributed by atoms with Crippen LogP contribution in [-0.2, 0) is 0 Å². The fraction of sp³-hybridized carbons (Fsp3) is 0. The average Bonchev–Trinajstić information content (AvgIpc) is 2.56. The molecule has 0 amide bonds. The second kappa shape index (κ2) is 2.99. The predicted molar refractivity (Wildman–Crippen MR) is 50.3 cm³/mol. The van der Waals surface area contributed by atoms with E-state index in [-0.39, 0.29) is 5.75 Å². The molecular weight excluding hydrogens is 168 g/mol. The highest BCUT2D eigenvalue weighted by Gasteiger charge is 1.97. The number of thiophene rings is 1. The number of benzene rings is 1. The molecule has 2 heteroatoms. The molecule has 0 spiro atoms. The molecule has 0 saturated heterocycles. The summed E-state index contributed by atoms with van der Waals surface area (Å²) in [6, 6.07) is 12.1. The first-order valence-corrected chi connectivity index (χ1v) is 4.49. The van der Waals surface area contributed by atoms with Crippen LogP contribution < -0.4 is 0 Å². The molecule has 0 bridgehead atoms. The third-order valence-corrected chi connectivity index (χ3v) is 2.51. The Hall–Kier alpha value is -1.28. The molecule has 1 radical (unpaired) electrons. The normalized spacial score (nSPS) is 10.0. The van der Waals surface area contributed by atoms with E-state index in [1.807, 2.05) is 23.6 Å². The van der Waals surface area contributed by atoms with Gasteiger partial charge in [-0.3, -0.25) is 0 Å². The van der Waals surface area contributed by atoms with Gasteiger partial charge in [-0.05, 0) is 29.1 Å². The molecule has 2 aromatic rings. The van der Waals surface area contributed by atoms with Crippen LogP contribution in [0, 0.1) is 6.07 Å². The summed E-state index contributed by atoms with van der Waals surface area (Å²) in [5.41, 5.74) is 1.04. The third-order valence-electron chi connectivity index (χ3n) is 1.59. The zero-order valence-electron chi connectivity index (χ0n) is 6.32. The average molecular weight is 175 g/mol. The van der Waals surface area contributed by atoms with E-state index in [1.54, 1.807) is 23.5 Å². The van der Waals surface area contributed by atoms with Crippen LogP contribution in [0.3, 0.4) is 0 Å². The van der Waals surface area contributed by atoms with Crippen molar-refractivity contribution in [2.75, 3.05) is 0 Å². The van der Waals surface area contributed by atoms with E-state index >= 15 is 0 Å². The van der Waals surface area contributed by atoms with Crippen molar-refractivity contribution in [3.8, 4) is 16.2 Å². The molecule has 1 aromatic heterocycles. The summed E-state index contributed by atoms with van der Waals surface area (Å²) < 4.78 is 0. The van der Waals surface area contributed by atoms with Crippen LogP contribution >= 0.6 is 11.3 Å². The lowest BCUT2D eigenvalue weighted by Gasteiger charge is -1.96. The van der Waals surface area contributed by atoms with Gasteiger partial charge in [-0.15, -0.1) is 11.3 Å². The highest BCUT2D eigenvalue weighted by molar-refractivity contribution is 7.13. The van der Waals surface area contributed by atoms with Gasteiger partial charge < -0.3 is 5.11 Å². The first-order valence-electron chi connectivity index (χ1n) is 3.61. The molecule has 1 heterocycles. The summed E-state index contributed by atoms with van der Waals surface area (Å²) in [6.07, 6.45) is 0. The lowest BCUT2D eigenvalue weighted by Crippen LogP contribution is -1.70. The zero-order chi connectivity index (χ0) is 8.39. The van der Waals surface area contributed by atoms with Crippen LogP contribution in [0.4, 0.5) is 0 Å². The standard InChI is InChI=1S/C10H7OS/c11-9-4-1-3-8(7-9)10-5-2-6-12-10/h1-3,5-7,11H. The van der Waals surface area contributed by atoms with Gasteiger partial charge >= 0.3 is 0 Å². The monoisotopic (exact) mass is 175 g/mol. The van der Waals surface area contributed by atoms with Crippen molar-refractivity contribution >= 4 is 11.3 Å². The molecule has 0 atom stereocenters. The summed E-state index contributed by atoms with van der Waals surface area (Å²) in [4.78, 5) is 1.17. The van der Waals surface area contributed by atoms with Crippen molar-refractivity contribution < 1.29 is 5.11 Å². The Balaban J connectivity index is 2.48. The maximum absolute atomic E-state index is 9.16. The lowest BCUT2D eigenvalue weighted by molar-refractivity contribution is 0.474. The highest BCUT2D eigenvalue weighted by atomic mass is 32.1. The fourth-order valence-electron chi connectivity index (χ4n) is 1.05. The Bertz CT molecular complexity index is 365. The van der Waals surface area contributed by atoms with Crippen LogP contribution in [0.5, 0.6) is 5.75 Å². The molecule has 12 heavy (non-hydrogen) atoms. The van der Waals surface area contributed by atoms with Crippen molar-refractivity contribution in [2.24, 2.45) is 0 Å². The first-order chi connectivity index (χ1) is 5.86. The van der Waals surface area contributed by atoms with Crippen molar-refractivity contribution in [1.82, 2.24) is 0 Å². The van der Waals surface area contributed by atoms with E-state index in [2.05, 4.69) is 6.07 Å². The summed E-state index contributed by atoms with van der Waals surface area (Å²) in [6.45, 7) is 0. The van der Waals surface area contributed by atoms with Crippen LogP contribution in [-0.4, -0.2) is 5.11 Å². The maximum atomic E-state index is 9.16. The highest BCUT2D eigenvalue weighted by Crippen LogP contribution is 2.26. The maximum Gasteiger partial charge on any atom is 0.124 e. The quantitative estimate of drug-likeness (QED) is 0.706. The molecule has 0 aliphatic rings. The number of rotatable bonds is 1. The number of phenols is 1. The van der Waals surface area contributed by atoms with Gasteiger partial charge in [0, 0.05) is 10.9 Å². The molecule has 2 rings (SSSR count). The number of aromatic hydroxyl groups is 1. The Morgan fingerprint density at radius 2 is 2.25 bits per heavy atom. The van der Waals surface area contributed by atoms with E-state index in [0.717, 1.165) is 5.56 Å².